The van der Waals surface area contributed by atoms with E-state index in [2.05, 4.69) is 5.32 Å². The van der Waals surface area contributed by atoms with Gasteiger partial charge in [0, 0.05) is 30.1 Å². The minimum Gasteiger partial charge on any atom is -0.326 e. The first kappa shape index (κ1) is 26.1. The zero-order chi connectivity index (χ0) is 25.0. The minimum absolute atomic E-state index is 0.0757. The quantitative estimate of drug-likeness (QED) is 0.189. The van der Waals surface area contributed by atoms with Crippen LogP contribution < -0.4 is 21.4 Å². The van der Waals surface area contributed by atoms with Gasteiger partial charge in [0.15, 0.2) is 0 Å². The zero-order valence-corrected chi connectivity index (χ0v) is 20.3. The first-order valence-electron chi connectivity index (χ1n) is 11.7. The summed E-state index contributed by atoms with van der Waals surface area (Å²) in [6.07, 6.45) is 6.08. The highest BCUT2D eigenvalue weighted by molar-refractivity contribution is 7.03. The predicted molar refractivity (Wildman–Crippen MR) is 135 cm³/mol. The fourth-order valence-corrected chi connectivity index (χ4v) is 4.45. The molecular weight excluding hydrogens is 468 g/mol. The smallest absolute Gasteiger partial charge is 0.326 e. The van der Waals surface area contributed by atoms with E-state index in [-0.39, 0.29) is 23.2 Å². The van der Waals surface area contributed by atoms with E-state index in [1.165, 1.54) is 8.52 Å². The molecule has 10 heteroatoms. The number of carbonyl (C=O) groups is 2. The topological polar surface area (TPSA) is 122 Å². The Bertz CT molecular complexity index is 1220. The third-order valence-electron chi connectivity index (χ3n) is 5.55. The molecule has 1 heterocycles. The third kappa shape index (κ3) is 8.04. The Labute approximate surface area is 207 Å². The van der Waals surface area contributed by atoms with Gasteiger partial charge in [0.2, 0.25) is 11.8 Å². The van der Waals surface area contributed by atoms with Gasteiger partial charge in [-0.05, 0) is 42.7 Å². The fraction of sp³-hybridized carbons (Fsp3) is 0.360. The number of carbonyl (C=O) groups excluding carboxylic acids is 2. The molecule has 9 nitrogen and oxygen atoms in total. The summed E-state index contributed by atoms with van der Waals surface area (Å²) in [7, 11) is 0. The Morgan fingerprint density at radius 2 is 1.40 bits per heavy atom. The fourth-order valence-electron chi connectivity index (χ4n) is 3.65. The Morgan fingerprint density at radius 1 is 0.800 bits per heavy atom. The van der Waals surface area contributed by atoms with Crippen molar-refractivity contribution in [2.24, 2.45) is 0 Å². The van der Waals surface area contributed by atoms with E-state index in [9.17, 15) is 19.2 Å². The molecule has 0 saturated heterocycles. The van der Waals surface area contributed by atoms with Gasteiger partial charge >= 0.3 is 10.6 Å². The van der Waals surface area contributed by atoms with Crippen molar-refractivity contribution < 1.29 is 14.8 Å². The van der Waals surface area contributed by atoms with Crippen LogP contribution in [0.1, 0.15) is 56.9 Å². The number of rotatable bonds is 13. The van der Waals surface area contributed by atoms with Crippen LogP contribution >= 0.6 is 11.5 Å². The zero-order valence-electron chi connectivity index (χ0n) is 19.4. The van der Waals surface area contributed by atoms with Crippen molar-refractivity contribution in [3.8, 4) is 5.69 Å². The van der Waals surface area contributed by atoms with Crippen LogP contribution in [-0.2, 0) is 16.1 Å². The summed E-state index contributed by atoms with van der Waals surface area (Å²) in [5.74, 6) is -0.438. The van der Waals surface area contributed by atoms with Crippen molar-refractivity contribution >= 4 is 29.0 Å². The van der Waals surface area contributed by atoms with E-state index in [4.69, 9.17) is 5.21 Å². The summed E-state index contributed by atoms with van der Waals surface area (Å²) in [5, 5.41) is 11.3. The van der Waals surface area contributed by atoms with Crippen molar-refractivity contribution in [2.45, 2.75) is 57.9 Å². The van der Waals surface area contributed by atoms with Crippen LogP contribution in [0.2, 0.25) is 0 Å². The molecule has 0 spiro atoms. The predicted octanol–water partition coefficient (Wildman–Crippen LogP) is 3.67. The molecule has 0 aliphatic heterocycles. The number of hydrogen-bond acceptors (Lipinski definition) is 6. The Morgan fingerprint density at radius 3 is 2.03 bits per heavy atom. The molecule has 3 aromatic rings. The molecule has 3 N–H and O–H groups in total. The van der Waals surface area contributed by atoms with Gasteiger partial charge in [-0.2, -0.15) is 0 Å². The molecule has 35 heavy (non-hydrogen) atoms. The van der Waals surface area contributed by atoms with Crippen molar-refractivity contribution in [3.05, 3.63) is 80.3 Å². The summed E-state index contributed by atoms with van der Waals surface area (Å²) in [6.45, 7) is 0.219. The van der Waals surface area contributed by atoms with Gasteiger partial charge in [0.25, 0.3) is 0 Å². The minimum atomic E-state index is -0.391. The van der Waals surface area contributed by atoms with Crippen molar-refractivity contribution in [3.63, 3.8) is 0 Å². The maximum Gasteiger partial charge on any atom is 0.346 e. The number of nitrogens with one attached hydrogen (secondary N) is 2. The Hall–Kier alpha value is -3.50. The molecule has 0 saturated carbocycles. The summed E-state index contributed by atoms with van der Waals surface area (Å²) >= 11 is 0.849. The first-order chi connectivity index (χ1) is 17.0. The second-order valence-electron chi connectivity index (χ2n) is 8.26. The number of unbranched alkanes of at least 4 members (excludes halogenated alkanes) is 5. The van der Waals surface area contributed by atoms with E-state index in [0.717, 1.165) is 55.6 Å². The highest BCUT2D eigenvalue weighted by Crippen LogP contribution is 2.15. The number of hydroxylamine groups is 1. The van der Waals surface area contributed by atoms with Gasteiger partial charge in [-0.3, -0.25) is 19.6 Å². The number of anilines is 1. The highest BCUT2D eigenvalue weighted by Gasteiger charge is 2.12. The second-order valence-corrected chi connectivity index (χ2v) is 9.15. The number of nitrogens with zero attached hydrogens (tertiary/aromatic N) is 2. The summed E-state index contributed by atoms with van der Waals surface area (Å²) in [5.41, 5.74) is 3.30. The summed E-state index contributed by atoms with van der Waals surface area (Å²) in [4.78, 5) is 47.9. The third-order valence-corrected chi connectivity index (χ3v) is 6.47. The summed E-state index contributed by atoms with van der Waals surface area (Å²) in [6, 6.07) is 16.2. The maximum atomic E-state index is 12.8. The molecule has 0 atom stereocenters. The number of hydrogen-bond donors (Lipinski definition) is 3. The molecule has 2 amide bonds. The summed E-state index contributed by atoms with van der Waals surface area (Å²) < 4.78 is 2.56. The Kier molecular flexibility index (Phi) is 10.00. The van der Waals surface area contributed by atoms with Crippen LogP contribution in [0.4, 0.5) is 5.69 Å². The molecule has 0 fully saturated rings. The molecule has 186 valence electrons. The standard InChI is InChI=1S/C25H30N4O5S/c30-22(12-8-3-1-2-4-9-13-23(31)27-34)26-20-14-16-21(17-15-20)29-24(32)28(25(33)35-29)18-19-10-6-5-7-11-19/h5-7,10-11,14-17,34H,1-4,8-9,12-13,18H2,(H,26,30)(H,27,31). The van der Waals surface area contributed by atoms with E-state index >= 15 is 0 Å². The van der Waals surface area contributed by atoms with Crippen LogP contribution in [0.25, 0.3) is 5.69 Å². The molecule has 3 rings (SSSR count). The van der Waals surface area contributed by atoms with Crippen LogP contribution in [0.15, 0.2) is 64.2 Å². The number of amides is 2. The van der Waals surface area contributed by atoms with Crippen LogP contribution in [-0.4, -0.2) is 25.5 Å². The largest absolute Gasteiger partial charge is 0.346 e. The molecule has 1 aromatic heterocycles. The van der Waals surface area contributed by atoms with E-state index in [0.29, 0.717) is 24.2 Å². The SMILES string of the molecule is O=C(CCCCCCCCC(=O)Nc1ccc(-n2sc(=O)n(Cc3ccccc3)c2=O)cc1)NO. The molecule has 0 bridgehead atoms. The maximum absolute atomic E-state index is 12.8. The lowest BCUT2D eigenvalue weighted by Crippen LogP contribution is -2.28. The van der Waals surface area contributed by atoms with Crippen molar-refractivity contribution in [1.82, 2.24) is 14.0 Å². The number of benzene rings is 2. The van der Waals surface area contributed by atoms with Gasteiger partial charge in [0.05, 0.1) is 12.2 Å². The van der Waals surface area contributed by atoms with E-state index < -0.39 is 5.69 Å². The molecule has 0 radical (unpaired) electrons. The van der Waals surface area contributed by atoms with E-state index in [1.54, 1.807) is 29.7 Å². The molecule has 2 aromatic carbocycles. The molecular formula is C25H30N4O5S. The van der Waals surface area contributed by atoms with Crippen molar-refractivity contribution in [2.75, 3.05) is 5.32 Å². The van der Waals surface area contributed by atoms with Crippen molar-refractivity contribution in [1.29, 1.82) is 0 Å². The normalized spacial score (nSPS) is 10.8. The first-order valence-corrected chi connectivity index (χ1v) is 12.5. The van der Waals surface area contributed by atoms with Crippen LogP contribution in [0.5, 0.6) is 0 Å². The highest BCUT2D eigenvalue weighted by atomic mass is 32.1. The van der Waals surface area contributed by atoms with Crippen LogP contribution in [0.3, 0.4) is 0 Å². The monoisotopic (exact) mass is 498 g/mol. The van der Waals surface area contributed by atoms with E-state index in [1.807, 2.05) is 30.3 Å². The van der Waals surface area contributed by atoms with Gasteiger partial charge in [-0.25, -0.2) is 18.8 Å². The molecule has 0 aliphatic rings. The van der Waals surface area contributed by atoms with Crippen LogP contribution in [0, 0.1) is 0 Å². The lowest BCUT2D eigenvalue weighted by atomic mass is 10.1. The van der Waals surface area contributed by atoms with Gasteiger partial charge in [-0.1, -0.05) is 56.0 Å². The number of aromatic nitrogens is 2. The van der Waals surface area contributed by atoms with Gasteiger partial charge < -0.3 is 5.32 Å². The Balaban J connectivity index is 1.44. The average Bonchev–Trinajstić information content (AvgIpc) is 3.15. The molecule has 0 aliphatic carbocycles. The lowest BCUT2D eigenvalue weighted by Gasteiger charge is -2.07. The average molecular weight is 499 g/mol. The molecule has 0 unspecified atom stereocenters. The second kappa shape index (κ2) is 13.4. The van der Waals surface area contributed by atoms with Gasteiger partial charge in [0.1, 0.15) is 0 Å². The lowest BCUT2D eigenvalue weighted by molar-refractivity contribution is -0.129. The van der Waals surface area contributed by atoms with Gasteiger partial charge in [-0.15, -0.1) is 0 Å².